The van der Waals surface area contributed by atoms with Gasteiger partial charge in [0.1, 0.15) is 11.6 Å². The number of amides is 1. The maximum absolute atomic E-state index is 13.3. The molecule has 0 aliphatic carbocycles. The Kier molecular flexibility index (Phi) is 6.14. The number of nitrogens with one attached hydrogen (secondary N) is 1. The first-order chi connectivity index (χ1) is 15.3. The smallest absolute Gasteiger partial charge is 0.264 e. The summed E-state index contributed by atoms with van der Waals surface area (Å²) >= 11 is 0. The van der Waals surface area contributed by atoms with Crippen molar-refractivity contribution in [1.82, 2.24) is 0 Å². The van der Waals surface area contributed by atoms with Gasteiger partial charge in [-0.15, -0.1) is 0 Å². The monoisotopic (exact) mass is 454 g/mol. The van der Waals surface area contributed by atoms with Gasteiger partial charge in [0.25, 0.3) is 15.9 Å². The predicted octanol–water partition coefficient (Wildman–Crippen LogP) is 4.29. The minimum absolute atomic E-state index is 0.176. The maximum atomic E-state index is 13.3. The summed E-state index contributed by atoms with van der Waals surface area (Å²) in [6, 6.07) is 17.6. The molecule has 4 rings (SSSR count). The Labute approximate surface area is 186 Å². The molecular formula is C24H23FN2O4S. The molecule has 166 valence electrons. The molecule has 0 unspecified atom stereocenters. The number of ether oxygens (including phenoxy) is 1. The van der Waals surface area contributed by atoms with Crippen LogP contribution in [-0.2, 0) is 21.2 Å². The fraction of sp³-hybridized carbons (Fsp3) is 0.208. The molecule has 0 aromatic heterocycles. The van der Waals surface area contributed by atoms with E-state index in [0.29, 0.717) is 29.2 Å². The van der Waals surface area contributed by atoms with Crippen molar-refractivity contribution in [3.63, 3.8) is 0 Å². The molecule has 0 saturated carbocycles. The highest BCUT2D eigenvalue weighted by molar-refractivity contribution is 7.92. The molecule has 6 nitrogen and oxygen atoms in total. The van der Waals surface area contributed by atoms with Gasteiger partial charge in [0, 0.05) is 12.2 Å². The molecule has 1 aliphatic rings. The van der Waals surface area contributed by atoms with E-state index in [-0.39, 0.29) is 11.5 Å². The number of nitrogens with zero attached hydrogens (tertiary/aromatic N) is 1. The number of aryl methyl sites for hydroxylation is 2. The molecule has 1 aliphatic heterocycles. The standard InChI is InChI=1S/C24H23FN2O4S/c1-17-15-21(32(29,30)27-14-4-6-18-5-2-3-7-22(18)27)12-13-23(17)31-16-24(28)26-20-10-8-19(25)9-11-20/h2-3,5,7-13,15H,4,6,14,16H2,1H3,(H,26,28). The number of carbonyl (C=O) groups excluding carboxylic acids is 1. The van der Waals surface area contributed by atoms with Crippen molar-refractivity contribution in [3.8, 4) is 5.75 Å². The van der Waals surface area contributed by atoms with Crippen molar-refractivity contribution in [2.45, 2.75) is 24.7 Å². The van der Waals surface area contributed by atoms with E-state index in [0.717, 1.165) is 18.4 Å². The Bertz CT molecular complexity index is 1240. The van der Waals surface area contributed by atoms with Crippen molar-refractivity contribution in [3.05, 3.63) is 83.7 Å². The van der Waals surface area contributed by atoms with Gasteiger partial charge < -0.3 is 10.1 Å². The van der Waals surface area contributed by atoms with Crippen LogP contribution in [0, 0.1) is 12.7 Å². The Hall–Kier alpha value is -3.39. The highest BCUT2D eigenvalue weighted by atomic mass is 32.2. The molecule has 1 N–H and O–H groups in total. The van der Waals surface area contributed by atoms with E-state index in [1.54, 1.807) is 19.1 Å². The summed E-state index contributed by atoms with van der Waals surface area (Å²) in [4.78, 5) is 12.3. The summed E-state index contributed by atoms with van der Waals surface area (Å²) < 4.78 is 46.6. The van der Waals surface area contributed by atoms with Crippen molar-refractivity contribution >= 4 is 27.3 Å². The van der Waals surface area contributed by atoms with Crippen molar-refractivity contribution < 1.29 is 22.3 Å². The number of fused-ring (bicyclic) bond motifs is 1. The molecule has 0 radical (unpaired) electrons. The first kappa shape index (κ1) is 21.8. The van der Waals surface area contributed by atoms with Gasteiger partial charge in [0.15, 0.2) is 6.61 Å². The zero-order valence-corrected chi connectivity index (χ0v) is 18.4. The normalized spacial score (nSPS) is 13.4. The zero-order valence-electron chi connectivity index (χ0n) is 17.5. The van der Waals surface area contributed by atoms with Crippen LogP contribution in [0.1, 0.15) is 17.5 Å². The van der Waals surface area contributed by atoms with Crippen LogP contribution in [0.25, 0.3) is 0 Å². The first-order valence-corrected chi connectivity index (χ1v) is 11.7. The van der Waals surface area contributed by atoms with Gasteiger partial charge in [0.2, 0.25) is 0 Å². The minimum Gasteiger partial charge on any atom is -0.483 e. The lowest BCUT2D eigenvalue weighted by molar-refractivity contribution is -0.118. The summed E-state index contributed by atoms with van der Waals surface area (Å²) in [6.07, 6.45) is 1.62. The third-order valence-electron chi connectivity index (χ3n) is 5.29. The fourth-order valence-corrected chi connectivity index (χ4v) is 5.32. The SMILES string of the molecule is Cc1cc(S(=O)(=O)N2CCCc3ccccc32)ccc1OCC(=O)Nc1ccc(F)cc1. The second-order valence-corrected chi connectivity index (χ2v) is 9.44. The van der Waals surface area contributed by atoms with E-state index in [2.05, 4.69) is 5.32 Å². The molecule has 3 aromatic carbocycles. The summed E-state index contributed by atoms with van der Waals surface area (Å²) in [5.41, 5.74) is 2.80. The average molecular weight is 455 g/mol. The summed E-state index contributed by atoms with van der Waals surface area (Å²) in [5.74, 6) is -0.382. The van der Waals surface area contributed by atoms with Gasteiger partial charge in [-0.05, 0) is 79.4 Å². The van der Waals surface area contributed by atoms with E-state index in [9.17, 15) is 17.6 Å². The van der Waals surface area contributed by atoms with Gasteiger partial charge >= 0.3 is 0 Å². The molecule has 1 heterocycles. The summed E-state index contributed by atoms with van der Waals surface area (Å²) in [6.45, 7) is 1.90. The molecule has 3 aromatic rings. The molecule has 0 fully saturated rings. The number of para-hydroxylation sites is 1. The van der Waals surface area contributed by atoms with Crippen LogP contribution in [0.15, 0.2) is 71.6 Å². The number of halogens is 1. The third kappa shape index (κ3) is 4.60. The van der Waals surface area contributed by atoms with Gasteiger partial charge in [0.05, 0.1) is 10.6 Å². The summed E-state index contributed by atoms with van der Waals surface area (Å²) in [5, 5.41) is 2.61. The van der Waals surface area contributed by atoms with E-state index in [1.165, 1.54) is 34.6 Å². The Morgan fingerprint density at radius 2 is 1.84 bits per heavy atom. The van der Waals surface area contributed by atoms with E-state index in [4.69, 9.17) is 4.74 Å². The number of carbonyl (C=O) groups is 1. The van der Waals surface area contributed by atoms with Crippen LogP contribution in [0.4, 0.5) is 15.8 Å². The van der Waals surface area contributed by atoms with E-state index < -0.39 is 21.7 Å². The number of sulfonamides is 1. The Morgan fingerprint density at radius 1 is 1.09 bits per heavy atom. The number of rotatable bonds is 6. The Morgan fingerprint density at radius 3 is 2.59 bits per heavy atom. The predicted molar refractivity (Wildman–Crippen MR) is 121 cm³/mol. The van der Waals surface area contributed by atoms with Crippen LogP contribution in [0.3, 0.4) is 0 Å². The molecule has 0 spiro atoms. The second-order valence-electron chi connectivity index (χ2n) is 7.58. The quantitative estimate of drug-likeness (QED) is 0.603. The number of hydrogen-bond acceptors (Lipinski definition) is 4. The molecule has 0 saturated heterocycles. The third-order valence-corrected chi connectivity index (χ3v) is 7.10. The first-order valence-electron chi connectivity index (χ1n) is 10.2. The molecule has 32 heavy (non-hydrogen) atoms. The molecule has 8 heteroatoms. The zero-order chi connectivity index (χ0) is 22.7. The lowest BCUT2D eigenvalue weighted by Gasteiger charge is -2.30. The van der Waals surface area contributed by atoms with E-state index in [1.807, 2.05) is 24.3 Å². The number of hydrogen-bond donors (Lipinski definition) is 1. The van der Waals surface area contributed by atoms with Crippen LogP contribution < -0.4 is 14.4 Å². The topological polar surface area (TPSA) is 75.7 Å². The highest BCUT2D eigenvalue weighted by Crippen LogP contribution is 2.33. The van der Waals surface area contributed by atoms with Crippen LogP contribution in [0.5, 0.6) is 5.75 Å². The van der Waals surface area contributed by atoms with Crippen LogP contribution >= 0.6 is 0 Å². The number of benzene rings is 3. The van der Waals surface area contributed by atoms with Crippen molar-refractivity contribution in [1.29, 1.82) is 0 Å². The minimum atomic E-state index is -3.72. The summed E-state index contributed by atoms with van der Waals surface area (Å²) in [7, 11) is -3.72. The fourth-order valence-electron chi connectivity index (χ4n) is 3.69. The average Bonchev–Trinajstić information content (AvgIpc) is 2.79. The molecular weight excluding hydrogens is 431 g/mol. The van der Waals surface area contributed by atoms with Crippen LogP contribution in [-0.4, -0.2) is 27.5 Å². The molecule has 1 amide bonds. The van der Waals surface area contributed by atoms with Crippen molar-refractivity contribution in [2.75, 3.05) is 22.8 Å². The number of anilines is 2. The van der Waals surface area contributed by atoms with Gasteiger partial charge in [-0.1, -0.05) is 18.2 Å². The van der Waals surface area contributed by atoms with Gasteiger partial charge in [-0.25, -0.2) is 12.8 Å². The largest absolute Gasteiger partial charge is 0.483 e. The van der Waals surface area contributed by atoms with Gasteiger partial charge in [-0.2, -0.15) is 0 Å². The maximum Gasteiger partial charge on any atom is 0.264 e. The second kappa shape index (κ2) is 9.00. The highest BCUT2D eigenvalue weighted by Gasteiger charge is 2.29. The van der Waals surface area contributed by atoms with Crippen LogP contribution in [0.2, 0.25) is 0 Å². The molecule has 0 bridgehead atoms. The molecule has 0 atom stereocenters. The Balaban J connectivity index is 1.46. The van der Waals surface area contributed by atoms with E-state index >= 15 is 0 Å². The lowest BCUT2D eigenvalue weighted by Crippen LogP contribution is -2.35. The van der Waals surface area contributed by atoms with Gasteiger partial charge in [-0.3, -0.25) is 9.10 Å². The lowest BCUT2D eigenvalue weighted by atomic mass is 10.0. The van der Waals surface area contributed by atoms with Crippen molar-refractivity contribution in [2.24, 2.45) is 0 Å².